The second kappa shape index (κ2) is 6.53. The van der Waals surface area contributed by atoms with Gasteiger partial charge in [0, 0.05) is 12.3 Å². The normalized spacial score (nSPS) is 9.20. The van der Waals surface area contributed by atoms with E-state index < -0.39 is 9.85 Å². The number of nitrogens with zero attached hydrogens (tertiary/aromatic N) is 5. The van der Waals surface area contributed by atoms with E-state index in [4.69, 9.17) is 11.5 Å². The van der Waals surface area contributed by atoms with Crippen LogP contribution < -0.4 is 11.5 Å². The van der Waals surface area contributed by atoms with E-state index in [-0.39, 0.29) is 23.1 Å². The molecule has 0 aliphatic heterocycles. The van der Waals surface area contributed by atoms with E-state index in [1.165, 1.54) is 18.3 Å². The molecule has 0 atom stereocenters. The Balaban J connectivity index is 0.000000200. The van der Waals surface area contributed by atoms with Crippen molar-refractivity contribution in [3.63, 3.8) is 0 Å². The lowest BCUT2D eigenvalue weighted by Gasteiger charge is -1.91. The van der Waals surface area contributed by atoms with Crippen molar-refractivity contribution in [2.45, 2.75) is 0 Å². The van der Waals surface area contributed by atoms with E-state index in [9.17, 15) is 20.2 Å². The predicted octanol–water partition coefficient (Wildman–Crippen LogP) is 0.539. The van der Waals surface area contributed by atoms with Gasteiger partial charge < -0.3 is 11.5 Å². The van der Waals surface area contributed by atoms with Crippen LogP contribution in [0.1, 0.15) is 0 Å². The molecular formula is C9H9N7O4. The highest BCUT2D eigenvalue weighted by Gasteiger charge is 2.08. The van der Waals surface area contributed by atoms with Crippen molar-refractivity contribution in [1.82, 2.24) is 15.0 Å². The zero-order chi connectivity index (χ0) is 15.1. The van der Waals surface area contributed by atoms with Crippen molar-refractivity contribution >= 4 is 23.1 Å². The number of nitro groups is 2. The number of hydrogen-bond donors (Lipinski definition) is 2. The molecule has 0 saturated carbocycles. The van der Waals surface area contributed by atoms with Crippen molar-refractivity contribution < 1.29 is 9.85 Å². The molecular weight excluding hydrogens is 270 g/mol. The van der Waals surface area contributed by atoms with Gasteiger partial charge in [0.05, 0.1) is 9.85 Å². The first-order chi connectivity index (χ1) is 9.41. The van der Waals surface area contributed by atoms with Crippen LogP contribution in [0.25, 0.3) is 0 Å². The molecule has 2 aromatic heterocycles. The fourth-order valence-corrected chi connectivity index (χ4v) is 0.989. The molecule has 0 amide bonds. The minimum atomic E-state index is -0.584. The highest BCUT2D eigenvalue weighted by atomic mass is 16.6. The molecule has 0 aliphatic carbocycles. The maximum absolute atomic E-state index is 10.1. The summed E-state index contributed by atoms with van der Waals surface area (Å²) < 4.78 is 0. The zero-order valence-electron chi connectivity index (χ0n) is 9.91. The molecule has 2 aromatic rings. The second-order valence-corrected chi connectivity index (χ2v) is 3.22. The third kappa shape index (κ3) is 4.14. The van der Waals surface area contributed by atoms with Crippen molar-refractivity contribution in [2.24, 2.45) is 0 Å². The molecule has 104 valence electrons. The maximum Gasteiger partial charge on any atom is 0.311 e. The Morgan fingerprint density at radius 2 is 1.60 bits per heavy atom. The minimum absolute atomic E-state index is 0.0330. The standard InChI is InChI=1S/C5H5N3O2.C4H4N4O2/c6-5-4(8(9)10)2-1-3-7-5;5-4-6-1-3(2-7-4)8(9)10/h1-3H,(H2,6,7);1-2H,(H2,5,6,7). The van der Waals surface area contributed by atoms with E-state index >= 15 is 0 Å². The minimum Gasteiger partial charge on any atom is -0.378 e. The SMILES string of the molecule is Nc1ncc([N+](=O)[O-])cn1.Nc1ncccc1[N+](=O)[O-]. The van der Waals surface area contributed by atoms with Gasteiger partial charge in [-0.05, 0) is 6.07 Å². The summed E-state index contributed by atoms with van der Waals surface area (Å²) in [4.78, 5) is 29.3. The number of aromatic nitrogens is 3. The van der Waals surface area contributed by atoms with Gasteiger partial charge in [-0.1, -0.05) is 0 Å². The van der Waals surface area contributed by atoms with Crippen LogP contribution in [0, 0.1) is 20.2 Å². The van der Waals surface area contributed by atoms with Gasteiger partial charge in [0.25, 0.3) is 0 Å². The summed E-state index contributed by atoms with van der Waals surface area (Å²) in [6, 6.07) is 2.77. The monoisotopic (exact) mass is 279 g/mol. The Kier molecular flexibility index (Phi) is 4.80. The molecule has 2 rings (SSSR count). The number of pyridine rings is 1. The highest BCUT2D eigenvalue weighted by molar-refractivity contribution is 5.50. The van der Waals surface area contributed by atoms with Gasteiger partial charge in [-0.2, -0.15) is 0 Å². The van der Waals surface area contributed by atoms with Crippen LogP contribution in [0.4, 0.5) is 23.1 Å². The molecule has 11 heteroatoms. The van der Waals surface area contributed by atoms with Crippen LogP contribution >= 0.6 is 0 Å². The molecule has 0 unspecified atom stereocenters. The average Bonchev–Trinajstić information content (AvgIpc) is 2.40. The van der Waals surface area contributed by atoms with Crippen LogP contribution in [-0.4, -0.2) is 24.8 Å². The molecule has 4 N–H and O–H groups in total. The van der Waals surface area contributed by atoms with Gasteiger partial charge in [-0.25, -0.2) is 15.0 Å². The number of hydrogen-bond acceptors (Lipinski definition) is 9. The summed E-state index contributed by atoms with van der Waals surface area (Å²) in [6.45, 7) is 0. The van der Waals surface area contributed by atoms with Crippen LogP contribution in [0.3, 0.4) is 0 Å². The van der Waals surface area contributed by atoms with Crippen LogP contribution in [0.5, 0.6) is 0 Å². The number of nitrogens with two attached hydrogens (primary N) is 2. The van der Waals surface area contributed by atoms with Crippen molar-refractivity contribution in [2.75, 3.05) is 11.5 Å². The quantitative estimate of drug-likeness (QED) is 0.586. The van der Waals surface area contributed by atoms with Crippen LogP contribution in [0.2, 0.25) is 0 Å². The van der Waals surface area contributed by atoms with Crippen molar-refractivity contribution in [3.05, 3.63) is 51.0 Å². The summed E-state index contributed by atoms with van der Waals surface area (Å²) in [5, 5.41) is 20.1. The molecule has 0 radical (unpaired) electrons. The first kappa shape index (κ1) is 14.7. The van der Waals surface area contributed by atoms with E-state index in [1.807, 2.05) is 0 Å². The molecule has 0 spiro atoms. The molecule has 20 heavy (non-hydrogen) atoms. The third-order valence-corrected chi connectivity index (χ3v) is 1.88. The Bertz CT molecular complexity index is 616. The summed E-state index contributed by atoms with van der Waals surface area (Å²) in [7, 11) is 0. The Labute approximate surface area is 111 Å². The largest absolute Gasteiger partial charge is 0.378 e. The maximum atomic E-state index is 10.1. The lowest BCUT2D eigenvalue weighted by atomic mass is 10.4. The lowest BCUT2D eigenvalue weighted by Crippen LogP contribution is -1.96. The van der Waals surface area contributed by atoms with E-state index in [2.05, 4.69) is 15.0 Å². The summed E-state index contributed by atoms with van der Waals surface area (Å²) in [6.07, 6.45) is 3.52. The van der Waals surface area contributed by atoms with Gasteiger partial charge >= 0.3 is 11.4 Å². The Morgan fingerprint density at radius 3 is 2.00 bits per heavy atom. The summed E-state index contributed by atoms with van der Waals surface area (Å²) in [5.41, 5.74) is 9.94. The highest BCUT2D eigenvalue weighted by Crippen LogP contribution is 2.15. The van der Waals surface area contributed by atoms with E-state index in [0.717, 1.165) is 12.4 Å². The summed E-state index contributed by atoms with van der Waals surface area (Å²) in [5.74, 6) is -0.0156. The molecule has 0 saturated heterocycles. The van der Waals surface area contributed by atoms with Gasteiger partial charge in [0.15, 0.2) is 0 Å². The smallest absolute Gasteiger partial charge is 0.311 e. The molecule has 0 aliphatic rings. The lowest BCUT2D eigenvalue weighted by molar-refractivity contribution is -0.385. The molecule has 0 aromatic carbocycles. The molecule has 11 nitrogen and oxygen atoms in total. The summed E-state index contributed by atoms with van der Waals surface area (Å²) >= 11 is 0. The first-order valence-electron chi connectivity index (χ1n) is 4.98. The van der Waals surface area contributed by atoms with Crippen molar-refractivity contribution in [3.8, 4) is 0 Å². The number of rotatable bonds is 2. The number of anilines is 2. The molecule has 0 fully saturated rings. The Hall–Kier alpha value is -3.37. The molecule has 2 heterocycles. The fraction of sp³-hybridized carbons (Fsp3) is 0. The van der Waals surface area contributed by atoms with Crippen molar-refractivity contribution in [1.29, 1.82) is 0 Å². The predicted molar refractivity (Wildman–Crippen MR) is 68.4 cm³/mol. The van der Waals surface area contributed by atoms with E-state index in [0.29, 0.717) is 0 Å². The second-order valence-electron chi connectivity index (χ2n) is 3.22. The third-order valence-electron chi connectivity index (χ3n) is 1.88. The fourth-order valence-electron chi connectivity index (χ4n) is 0.989. The van der Waals surface area contributed by atoms with Crippen LogP contribution in [0.15, 0.2) is 30.7 Å². The Morgan fingerprint density at radius 1 is 1.00 bits per heavy atom. The molecule has 0 bridgehead atoms. The zero-order valence-corrected chi connectivity index (χ0v) is 9.91. The van der Waals surface area contributed by atoms with E-state index in [1.54, 1.807) is 0 Å². The first-order valence-corrected chi connectivity index (χ1v) is 4.98. The van der Waals surface area contributed by atoms with Gasteiger partial charge in [0.2, 0.25) is 11.8 Å². The van der Waals surface area contributed by atoms with Gasteiger partial charge in [-0.3, -0.25) is 20.2 Å². The van der Waals surface area contributed by atoms with Gasteiger partial charge in [0.1, 0.15) is 12.4 Å². The number of nitrogen functional groups attached to an aromatic ring is 2. The van der Waals surface area contributed by atoms with Gasteiger partial charge in [-0.15, -0.1) is 0 Å². The topological polar surface area (TPSA) is 177 Å². The average molecular weight is 279 g/mol. The van der Waals surface area contributed by atoms with Crippen LogP contribution in [-0.2, 0) is 0 Å².